The van der Waals surface area contributed by atoms with Crippen molar-refractivity contribution in [2.45, 2.75) is 31.7 Å². The number of sulfonamides is 1. The highest BCUT2D eigenvalue weighted by Gasteiger charge is 2.16. The number of rotatable bonds is 6. The molecule has 112 valence electrons. The Kier molecular flexibility index (Phi) is 5.52. The van der Waals surface area contributed by atoms with Gasteiger partial charge in [-0.25, -0.2) is 13.1 Å². The van der Waals surface area contributed by atoms with Gasteiger partial charge in [-0.05, 0) is 44.5 Å². The second-order valence-electron chi connectivity index (χ2n) is 4.68. The molecule has 1 rings (SSSR count). The summed E-state index contributed by atoms with van der Waals surface area (Å²) in [5, 5.41) is 2.61. The van der Waals surface area contributed by atoms with Crippen LogP contribution >= 0.6 is 0 Å². The number of benzene rings is 1. The molecule has 0 saturated carbocycles. The summed E-state index contributed by atoms with van der Waals surface area (Å²) in [5.41, 5.74) is 0.710. The van der Waals surface area contributed by atoms with Crippen LogP contribution in [0.2, 0.25) is 0 Å². The van der Waals surface area contributed by atoms with Crippen LogP contribution in [0.15, 0.2) is 23.1 Å². The van der Waals surface area contributed by atoms with E-state index >= 15 is 0 Å². The molecule has 7 heteroatoms. The fourth-order valence-electron chi connectivity index (χ4n) is 1.63. The molecule has 0 aromatic heterocycles. The Balaban J connectivity index is 2.79. The lowest BCUT2D eigenvalue weighted by Gasteiger charge is -2.11. The number of hydrogen-bond acceptors (Lipinski definition) is 4. The smallest absolute Gasteiger partial charge is 0.241 e. The molecule has 0 saturated heterocycles. The lowest BCUT2D eigenvalue weighted by molar-refractivity contribution is -0.120. The summed E-state index contributed by atoms with van der Waals surface area (Å²) in [5.74, 6) is 0.246. The van der Waals surface area contributed by atoms with Crippen molar-refractivity contribution in [3.05, 3.63) is 23.8 Å². The summed E-state index contributed by atoms with van der Waals surface area (Å²) in [7, 11) is -2.19. The van der Waals surface area contributed by atoms with Gasteiger partial charge < -0.3 is 10.1 Å². The minimum atomic E-state index is -3.71. The van der Waals surface area contributed by atoms with Crippen molar-refractivity contribution in [3.63, 3.8) is 0 Å². The first-order valence-corrected chi connectivity index (χ1v) is 7.68. The Bertz CT molecular complexity index is 582. The van der Waals surface area contributed by atoms with Gasteiger partial charge in [-0.2, -0.15) is 0 Å². The topological polar surface area (TPSA) is 84.5 Å². The Hall–Kier alpha value is -1.60. The summed E-state index contributed by atoms with van der Waals surface area (Å²) < 4.78 is 31.4. The molecule has 0 radical (unpaired) electrons. The quantitative estimate of drug-likeness (QED) is 0.814. The minimum Gasteiger partial charge on any atom is -0.496 e. The zero-order valence-electron chi connectivity index (χ0n) is 12.1. The van der Waals surface area contributed by atoms with Crippen LogP contribution in [0.5, 0.6) is 5.75 Å². The van der Waals surface area contributed by atoms with Gasteiger partial charge in [0.15, 0.2) is 0 Å². The minimum absolute atomic E-state index is 0.0322. The van der Waals surface area contributed by atoms with Crippen LogP contribution in [0.1, 0.15) is 19.4 Å². The van der Waals surface area contributed by atoms with E-state index in [1.54, 1.807) is 26.8 Å². The number of methoxy groups -OCH3 is 1. The summed E-state index contributed by atoms with van der Waals surface area (Å²) in [6, 6.07) is 4.49. The van der Waals surface area contributed by atoms with E-state index in [1.165, 1.54) is 19.2 Å². The molecule has 6 nitrogen and oxygen atoms in total. The van der Waals surface area contributed by atoms with Crippen molar-refractivity contribution in [2.75, 3.05) is 13.7 Å². The molecule has 0 heterocycles. The zero-order valence-corrected chi connectivity index (χ0v) is 12.9. The Labute approximate surface area is 119 Å². The normalized spacial score (nSPS) is 11.4. The number of carbonyl (C=O) groups is 1. The summed E-state index contributed by atoms with van der Waals surface area (Å²) >= 11 is 0. The average molecular weight is 300 g/mol. The molecule has 1 amide bonds. The van der Waals surface area contributed by atoms with Gasteiger partial charge in [-0.15, -0.1) is 0 Å². The molecule has 0 aliphatic carbocycles. The van der Waals surface area contributed by atoms with Crippen molar-refractivity contribution >= 4 is 15.9 Å². The van der Waals surface area contributed by atoms with Gasteiger partial charge in [0.2, 0.25) is 15.9 Å². The van der Waals surface area contributed by atoms with E-state index in [1.807, 2.05) is 0 Å². The van der Waals surface area contributed by atoms with Crippen molar-refractivity contribution < 1.29 is 17.9 Å². The largest absolute Gasteiger partial charge is 0.496 e. The number of amides is 1. The van der Waals surface area contributed by atoms with Crippen molar-refractivity contribution in [2.24, 2.45) is 0 Å². The standard InChI is InChI=1S/C13H20N2O4S/c1-9(2)15-13(16)8-14-20(17,18)11-5-6-12(19-4)10(3)7-11/h5-7,9,14H,8H2,1-4H3,(H,15,16). The van der Waals surface area contributed by atoms with E-state index in [4.69, 9.17) is 4.74 Å². The molecular formula is C13H20N2O4S. The number of aryl methyl sites for hydroxylation is 1. The fraction of sp³-hybridized carbons (Fsp3) is 0.462. The first kappa shape index (κ1) is 16.5. The zero-order chi connectivity index (χ0) is 15.3. The van der Waals surface area contributed by atoms with Gasteiger partial charge in [0.05, 0.1) is 18.6 Å². The lowest BCUT2D eigenvalue weighted by atomic mass is 10.2. The molecule has 0 fully saturated rings. The maximum Gasteiger partial charge on any atom is 0.241 e. The maximum atomic E-state index is 12.0. The van der Waals surface area contributed by atoms with Crippen molar-refractivity contribution in [3.8, 4) is 5.75 Å². The molecule has 0 spiro atoms. The van der Waals surface area contributed by atoms with Crippen molar-refractivity contribution in [1.29, 1.82) is 0 Å². The highest BCUT2D eigenvalue weighted by Crippen LogP contribution is 2.20. The van der Waals surface area contributed by atoms with Gasteiger partial charge in [0.1, 0.15) is 5.75 Å². The van der Waals surface area contributed by atoms with Gasteiger partial charge >= 0.3 is 0 Å². The molecule has 20 heavy (non-hydrogen) atoms. The van der Waals surface area contributed by atoms with E-state index in [0.717, 1.165) is 0 Å². The third kappa shape index (κ3) is 4.50. The Morgan fingerprint density at radius 1 is 1.35 bits per heavy atom. The summed E-state index contributed by atoms with van der Waals surface area (Å²) in [4.78, 5) is 11.5. The SMILES string of the molecule is COc1ccc(S(=O)(=O)NCC(=O)NC(C)C)cc1C. The van der Waals surface area contributed by atoms with Gasteiger partial charge in [-0.3, -0.25) is 4.79 Å². The van der Waals surface area contributed by atoms with Crippen LogP contribution in [0.3, 0.4) is 0 Å². The van der Waals surface area contributed by atoms with Gasteiger partial charge in [0, 0.05) is 6.04 Å². The van der Waals surface area contributed by atoms with Gasteiger partial charge in [0.25, 0.3) is 0 Å². The molecule has 1 aromatic carbocycles. The molecule has 0 unspecified atom stereocenters. The monoisotopic (exact) mass is 300 g/mol. The Morgan fingerprint density at radius 3 is 2.50 bits per heavy atom. The van der Waals surface area contributed by atoms with Crippen LogP contribution in [0.25, 0.3) is 0 Å². The van der Waals surface area contributed by atoms with E-state index in [0.29, 0.717) is 11.3 Å². The van der Waals surface area contributed by atoms with Crippen LogP contribution in [-0.2, 0) is 14.8 Å². The molecule has 0 aliphatic rings. The molecule has 1 aromatic rings. The van der Waals surface area contributed by atoms with E-state index in [2.05, 4.69) is 10.0 Å². The summed E-state index contributed by atoms with van der Waals surface area (Å²) in [6.45, 7) is 5.08. The second-order valence-corrected chi connectivity index (χ2v) is 6.45. The highest BCUT2D eigenvalue weighted by molar-refractivity contribution is 7.89. The molecular weight excluding hydrogens is 280 g/mol. The van der Waals surface area contributed by atoms with E-state index in [9.17, 15) is 13.2 Å². The number of hydrogen-bond donors (Lipinski definition) is 2. The molecule has 0 atom stereocenters. The maximum absolute atomic E-state index is 12.0. The third-order valence-electron chi connectivity index (χ3n) is 2.55. The van der Waals surface area contributed by atoms with E-state index < -0.39 is 10.0 Å². The van der Waals surface area contributed by atoms with Crippen LogP contribution < -0.4 is 14.8 Å². The highest BCUT2D eigenvalue weighted by atomic mass is 32.2. The van der Waals surface area contributed by atoms with Gasteiger partial charge in [-0.1, -0.05) is 0 Å². The number of carbonyl (C=O) groups excluding carboxylic acids is 1. The van der Waals surface area contributed by atoms with Crippen LogP contribution in [0, 0.1) is 6.92 Å². The average Bonchev–Trinajstić information content (AvgIpc) is 2.35. The molecule has 2 N–H and O–H groups in total. The predicted octanol–water partition coefficient (Wildman–Crippen LogP) is 0.807. The molecule has 0 aliphatic heterocycles. The van der Waals surface area contributed by atoms with E-state index in [-0.39, 0.29) is 23.4 Å². The third-order valence-corrected chi connectivity index (χ3v) is 3.95. The number of nitrogens with one attached hydrogen (secondary N) is 2. The lowest BCUT2D eigenvalue weighted by Crippen LogP contribution is -2.39. The Morgan fingerprint density at radius 2 is 2.00 bits per heavy atom. The fourth-order valence-corrected chi connectivity index (χ4v) is 2.70. The van der Waals surface area contributed by atoms with Crippen molar-refractivity contribution in [1.82, 2.24) is 10.0 Å². The second kappa shape index (κ2) is 6.71. The van der Waals surface area contributed by atoms with Crippen LogP contribution in [-0.4, -0.2) is 34.0 Å². The van der Waals surface area contributed by atoms with Crippen LogP contribution in [0.4, 0.5) is 0 Å². The first-order chi connectivity index (χ1) is 9.26. The first-order valence-electron chi connectivity index (χ1n) is 6.20. The molecule has 0 bridgehead atoms. The predicted molar refractivity (Wildman–Crippen MR) is 76.2 cm³/mol. The number of ether oxygens (including phenoxy) is 1. The summed E-state index contributed by atoms with van der Waals surface area (Å²) in [6.07, 6.45) is 0.